The summed E-state index contributed by atoms with van der Waals surface area (Å²) in [5, 5.41) is 3.67. The molecule has 116 valence electrons. The third-order valence-corrected chi connectivity index (χ3v) is 4.89. The molecule has 2 aliphatic heterocycles. The number of rotatable bonds is 5. The van der Waals surface area contributed by atoms with Crippen LogP contribution in [0.3, 0.4) is 0 Å². The van der Waals surface area contributed by atoms with Crippen molar-refractivity contribution in [3.63, 3.8) is 0 Å². The van der Waals surface area contributed by atoms with E-state index in [0.717, 1.165) is 18.9 Å². The number of nitrogens with zero attached hydrogens (tertiary/aromatic N) is 1. The molecule has 1 aromatic carbocycles. The second-order valence-electron chi connectivity index (χ2n) is 6.30. The maximum absolute atomic E-state index is 5.68. The molecule has 2 atom stereocenters. The van der Waals surface area contributed by atoms with Gasteiger partial charge in [-0.15, -0.1) is 0 Å². The first-order valence-electron chi connectivity index (χ1n) is 8.56. The lowest BCUT2D eigenvalue weighted by atomic mass is 9.81. The van der Waals surface area contributed by atoms with Gasteiger partial charge in [0.15, 0.2) is 0 Å². The molecule has 2 bridgehead atoms. The van der Waals surface area contributed by atoms with Gasteiger partial charge < -0.3 is 15.0 Å². The third kappa shape index (κ3) is 3.18. The Hall–Kier alpha value is -1.22. The third-order valence-electron chi connectivity index (χ3n) is 4.89. The molecule has 3 nitrogen and oxygen atoms in total. The highest BCUT2D eigenvalue weighted by Gasteiger charge is 2.38. The molecule has 0 spiro atoms. The summed E-state index contributed by atoms with van der Waals surface area (Å²) in [6, 6.07) is 10.8. The Kier molecular flexibility index (Phi) is 4.69. The van der Waals surface area contributed by atoms with Gasteiger partial charge >= 0.3 is 0 Å². The topological polar surface area (TPSA) is 24.5 Å². The van der Waals surface area contributed by atoms with Crippen molar-refractivity contribution < 1.29 is 4.74 Å². The molecule has 21 heavy (non-hydrogen) atoms. The first-order valence-corrected chi connectivity index (χ1v) is 8.56. The van der Waals surface area contributed by atoms with Crippen LogP contribution in [-0.4, -0.2) is 31.3 Å². The van der Waals surface area contributed by atoms with Gasteiger partial charge in [0, 0.05) is 29.9 Å². The quantitative estimate of drug-likeness (QED) is 0.896. The lowest BCUT2D eigenvalue weighted by Gasteiger charge is -2.50. The summed E-state index contributed by atoms with van der Waals surface area (Å²) >= 11 is 0. The number of piperidine rings is 2. The summed E-state index contributed by atoms with van der Waals surface area (Å²) in [7, 11) is 0. The van der Waals surface area contributed by atoms with Crippen LogP contribution in [0, 0.1) is 0 Å². The van der Waals surface area contributed by atoms with Crippen LogP contribution in [0.1, 0.15) is 46.0 Å². The summed E-state index contributed by atoms with van der Waals surface area (Å²) in [6.45, 7) is 6.08. The summed E-state index contributed by atoms with van der Waals surface area (Å²) < 4.78 is 5.68. The number of hydrogen-bond donors (Lipinski definition) is 1. The van der Waals surface area contributed by atoms with Crippen molar-refractivity contribution in [1.82, 2.24) is 5.32 Å². The maximum Gasteiger partial charge on any atom is 0.121 e. The molecule has 0 saturated carbocycles. The molecule has 0 aromatic heterocycles. The second-order valence-corrected chi connectivity index (χ2v) is 6.30. The number of fused-ring (bicyclic) bond motifs is 2. The van der Waals surface area contributed by atoms with Crippen LogP contribution in [0.4, 0.5) is 5.69 Å². The van der Waals surface area contributed by atoms with Gasteiger partial charge in [0.05, 0.1) is 6.61 Å². The second kappa shape index (κ2) is 6.69. The molecule has 3 heteroatoms. The average molecular weight is 288 g/mol. The minimum Gasteiger partial charge on any atom is -0.494 e. The van der Waals surface area contributed by atoms with Gasteiger partial charge in [-0.2, -0.15) is 0 Å². The average Bonchev–Trinajstić information content (AvgIpc) is 2.47. The normalized spacial score (nSPS) is 28.5. The van der Waals surface area contributed by atoms with E-state index in [1.807, 2.05) is 6.92 Å². The molecule has 2 aliphatic rings. The SMILES string of the molecule is CCNC1CC2CCCC(C1)N2c1cccc(OCC)c1. The Labute approximate surface area is 128 Å². The zero-order chi connectivity index (χ0) is 14.7. The lowest BCUT2D eigenvalue weighted by Crippen LogP contribution is -2.56. The number of hydrogen-bond acceptors (Lipinski definition) is 3. The van der Waals surface area contributed by atoms with Gasteiger partial charge in [0.2, 0.25) is 0 Å². The van der Waals surface area contributed by atoms with Crippen molar-refractivity contribution >= 4 is 5.69 Å². The number of nitrogens with one attached hydrogen (secondary N) is 1. The summed E-state index contributed by atoms with van der Waals surface area (Å²) in [5.41, 5.74) is 1.35. The predicted octanol–water partition coefficient (Wildman–Crippen LogP) is 3.58. The molecule has 2 heterocycles. The van der Waals surface area contributed by atoms with Crippen molar-refractivity contribution in [2.45, 2.75) is 64.1 Å². The summed E-state index contributed by atoms with van der Waals surface area (Å²) in [4.78, 5) is 2.68. The molecule has 1 aromatic rings. The zero-order valence-electron chi connectivity index (χ0n) is 13.3. The molecule has 0 radical (unpaired) electrons. The molecular weight excluding hydrogens is 260 g/mol. The van der Waals surface area contributed by atoms with E-state index < -0.39 is 0 Å². The molecule has 2 fully saturated rings. The van der Waals surface area contributed by atoms with Crippen molar-refractivity contribution in [3.8, 4) is 5.75 Å². The molecule has 2 saturated heterocycles. The van der Waals surface area contributed by atoms with Gasteiger partial charge in [-0.25, -0.2) is 0 Å². The van der Waals surface area contributed by atoms with Crippen LogP contribution in [0.15, 0.2) is 24.3 Å². The van der Waals surface area contributed by atoms with Gasteiger partial charge in [-0.1, -0.05) is 13.0 Å². The molecule has 0 amide bonds. The summed E-state index contributed by atoms with van der Waals surface area (Å²) in [6.07, 6.45) is 6.61. The van der Waals surface area contributed by atoms with E-state index in [1.54, 1.807) is 0 Å². The van der Waals surface area contributed by atoms with E-state index in [4.69, 9.17) is 4.74 Å². The Morgan fingerprint density at radius 3 is 2.62 bits per heavy atom. The van der Waals surface area contributed by atoms with Crippen LogP contribution >= 0.6 is 0 Å². The Bertz CT molecular complexity index is 448. The van der Waals surface area contributed by atoms with Gasteiger partial charge in [0.25, 0.3) is 0 Å². The van der Waals surface area contributed by atoms with Gasteiger partial charge in [0.1, 0.15) is 5.75 Å². The van der Waals surface area contributed by atoms with Crippen LogP contribution in [-0.2, 0) is 0 Å². The lowest BCUT2D eigenvalue weighted by molar-refractivity contribution is 0.247. The standard InChI is InChI=1S/C18H28N2O/c1-3-19-14-11-15-7-5-8-16(12-14)20(15)17-9-6-10-18(13-17)21-4-2/h6,9-10,13-16,19H,3-5,7-8,11-12H2,1-2H3. The van der Waals surface area contributed by atoms with Crippen LogP contribution < -0.4 is 15.0 Å². The fraction of sp³-hybridized carbons (Fsp3) is 0.667. The number of anilines is 1. The van der Waals surface area contributed by atoms with Crippen molar-refractivity contribution in [3.05, 3.63) is 24.3 Å². The maximum atomic E-state index is 5.68. The molecule has 2 unspecified atom stereocenters. The fourth-order valence-electron chi connectivity index (χ4n) is 4.16. The molecule has 1 N–H and O–H groups in total. The van der Waals surface area contributed by atoms with E-state index in [1.165, 1.54) is 37.8 Å². The van der Waals surface area contributed by atoms with Crippen molar-refractivity contribution in [1.29, 1.82) is 0 Å². The Morgan fingerprint density at radius 2 is 1.95 bits per heavy atom. The van der Waals surface area contributed by atoms with Crippen LogP contribution in [0.25, 0.3) is 0 Å². The monoisotopic (exact) mass is 288 g/mol. The number of benzene rings is 1. The Balaban J connectivity index is 1.80. The molecule has 0 aliphatic carbocycles. The van der Waals surface area contributed by atoms with E-state index in [0.29, 0.717) is 18.1 Å². The predicted molar refractivity (Wildman–Crippen MR) is 88.2 cm³/mol. The van der Waals surface area contributed by atoms with Crippen molar-refractivity contribution in [2.24, 2.45) is 0 Å². The highest BCUT2D eigenvalue weighted by molar-refractivity contribution is 5.53. The van der Waals surface area contributed by atoms with Crippen molar-refractivity contribution in [2.75, 3.05) is 18.1 Å². The summed E-state index contributed by atoms with van der Waals surface area (Å²) in [5.74, 6) is 1.00. The van der Waals surface area contributed by atoms with E-state index in [-0.39, 0.29) is 0 Å². The van der Waals surface area contributed by atoms with Crippen LogP contribution in [0.2, 0.25) is 0 Å². The van der Waals surface area contributed by atoms with Gasteiger partial charge in [-0.05, 0) is 57.7 Å². The van der Waals surface area contributed by atoms with E-state index >= 15 is 0 Å². The first-order chi connectivity index (χ1) is 10.3. The fourth-order valence-corrected chi connectivity index (χ4v) is 4.16. The smallest absolute Gasteiger partial charge is 0.121 e. The minimum atomic E-state index is 0.693. The molecule has 3 rings (SSSR count). The largest absolute Gasteiger partial charge is 0.494 e. The van der Waals surface area contributed by atoms with E-state index in [2.05, 4.69) is 41.4 Å². The highest BCUT2D eigenvalue weighted by Crippen LogP contribution is 2.38. The highest BCUT2D eigenvalue weighted by atomic mass is 16.5. The van der Waals surface area contributed by atoms with Crippen LogP contribution in [0.5, 0.6) is 5.75 Å². The first kappa shape index (κ1) is 14.7. The number of ether oxygens (including phenoxy) is 1. The van der Waals surface area contributed by atoms with Gasteiger partial charge in [-0.3, -0.25) is 0 Å². The minimum absolute atomic E-state index is 0.693. The van der Waals surface area contributed by atoms with E-state index in [9.17, 15) is 0 Å². The Morgan fingerprint density at radius 1 is 1.19 bits per heavy atom. The zero-order valence-corrected chi connectivity index (χ0v) is 13.3. The molecular formula is C18H28N2O.